The highest BCUT2D eigenvalue weighted by Crippen LogP contribution is 2.35. The second-order valence-corrected chi connectivity index (χ2v) is 5.23. The molecule has 2 heterocycles. The van der Waals surface area contributed by atoms with Gasteiger partial charge in [0.05, 0.1) is 12.6 Å². The van der Waals surface area contributed by atoms with Crippen molar-refractivity contribution in [1.82, 2.24) is 15.0 Å². The fraction of sp³-hybridized carbons (Fsp3) is 0.111. The summed E-state index contributed by atoms with van der Waals surface area (Å²) < 4.78 is 11.4. The number of H-pyrrole nitrogens is 1. The van der Waals surface area contributed by atoms with E-state index in [0.717, 1.165) is 27.5 Å². The predicted molar refractivity (Wildman–Crippen MR) is 88.7 cm³/mol. The first kappa shape index (κ1) is 13.6. The second-order valence-electron chi connectivity index (χ2n) is 5.23. The van der Waals surface area contributed by atoms with Crippen LogP contribution in [-0.4, -0.2) is 22.1 Å². The molecule has 0 aliphatic carbocycles. The molecule has 2 aromatic heterocycles. The zero-order valence-corrected chi connectivity index (χ0v) is 12.6. The lowest BCUT2D eigenvalue weighted by Crippen LogP contribution is -1.97. The average Bonchev–Trinajstić information content (AvgIpc) is 2.97. The summed E-state index contributed by atoms with van der Waals surface area (Å²) in [4.78, 5) is 11.6. The third kappa shape index (κ3) is 2.46. The van der Waals surface area contributed by atoms with E-state index in [0.29, 0.717) is 18.1 Å². The molecule has 0 saturated carbocycles. The van der Waals surface area contributed by atoms with Crippen LogP contribution in [0.1, 0.15) is 5.56 Å². The van der Waals surface area contributed by atoms with Crippen molar-refractivity contribution in [3.8, 4) is 11.5 Å². The fourth-order valence-electron chi connectivity index (χ4n) is 2.65. The van der Waals surface area contributed by atoms with Crippen LogP contribution in [0.25, 0.3) is 21.9 Å². The van der Waals surface area contributed by atoms with Gasteiger partial charge in [0.25, 0.3) is 0 Å². The van der Waals surface area contributed by atoms with Crippen molar-refractivity contribution < 1.29 is 9.47 Å². The van der Waals surface area contributed by atoms with Crippen molar-refractivity contribution in [2.24, 2.45) is 0 Å². The first-order valence-corrected chi connectivity index (χ1v) is 7.31. The molecule has 0 radical (unpaired) electrons. The lowest BCUT2D eigenvalue weighted by Gasteiger charge is -2.11. The van der Waals surface area contributed by atoms with E-state index < -0.39 is 0 Å². The smallest absolute Gasteiger partial charge is 0.163 e. The second kappa shape index (κ2) is 5.61. The van der Waals surface area contributed by atoms with E-state index in [2.05, 4.69) is 15.0 Å². The highest BCUT2D eigenvalue weighted by molar-refractivity contribution is 6.06. The number of methoxy groups -OCH3 is 1. The number of hydrogen-bond acceptors (Lipinski definition) is 4. The molecule has 0 bridgehead atoms. The third-order valence-electron chi connectivity index (χ3n) is 3.80. The van der Waals surface area contributed by atoms with Crippen molar-refractivity contribution in [1.29, 1.82) is 0 Å². The van der Waals surface area contributed by atoms with Gasteiger partial charge in [0.2, 0.25) is 0 Å². The van der Waals surface area contributed by atoms with Crippen molar-refractivity contribution in [3.05, 3.63) is 60.6 Å². The SMILES string of the molecule is COc1cc2c(cc1OCc1ccccc1)[nH]c1ncncc12. The summed E-state index contributed by atoms with van der Waals surface area (Å²) in [6, 6.07) is 13.9. The van der Waals surface area contributed by atoms with Gasteiger partial charge in [0.15, 0.2) is 11.5 Å². The zero-order valence-electron chi connectivity index (χ0n) is 12.6. The van der Waals surface area contributed by atoms with Crippen LogP contribution >= 0.6 is 0 Å². The zero-order chi connectivity index (χ0) is 15.6. The quantitative estimate of drug-likeness (QED) is 0.624. The molecule has 2 aromatic carbocycles. The fourth-order valence-corrected chi connectivity index (χ4v) is 2.65. The van der Waals surface area contributed by atoms with Gasteiger partial charge in [-0.05, 0) is 11.6 Å². The molecule has 0 atom stereocenters. The van der Waals surface area contributed by atoms with E-state index >= 15 is 0 Å². The largest absolute Gasteiger partial charge is 0.493 e. The highest BCUT2D eigenvalue weighted by atomic mass is 16.5. The Morgan fingerprint density at radius 3 is 2.74 bits per heavy atom. The molecule has 5 nitrogen and oxygen atoms in total. The molecule has 23 heavy (non-hydrogen) atoms. The monoisotopic (exact) mass is 305 g/mol. The summed E-state index contributed by atoms with van der Waals surface area (Å²) in [5, 5.41) is 1.99. The maximum absolute atomic E-state index is 5.94. The molecule has 114 valence electrons. The molecule has 0 aliphatic heterocycles. The minimum Gasteiger partial charge on any atom is -0.493 e. The van der Waals surface area contributed by atoms with E-state index in [1.807, 2.05) is 42.5 Å². The number of nitrogens with one attached hydrogen (secondary N) is 1. The number of ether oxygens (including phenoxy) is 2. The van der Waals surface area contributed by atoms with E-state index in [1.54, 1.807) is 13.3 Å². The van der Waals surface area contributed by atoms with E-state index in [1.165, 1.54) is 6.33 Å². The molecule has 0 saturated heterocycles. The van der Waals surface area contributed by atoms with Gasteiger partial charge >= 0.3 is 0 Å². The Balaban J connectivity index is 1.75. The molecule has 0 aliphatic rings. The number of hydrogen-bond donors (Lipinski definition) is 1. The molecule has 0 fully saturated rings. The molecule has 0 spiro atoms. The van der Waals surface area contributed by atoms with Crippen LogP contribution in [-0.2, 0) is 6.61 Å². The van der Waals surface area contributed by atoms with Gasteiger partial charge in [0.1, 0.15) is 18.6 Å². The van der Waals surface area contributed by atoms with E-state index in [-0.39, 0.29) is 0 Å². The van der Waals surface area contributed by atoms with Crippen LogP contribution in [0.4, 0.5) is 0 Å². The summed E-state index contributed by atoms with van der Waals surface area (Å²) in [7, 11) is 1.64. The van der Waals surface area contributed by atoms with Crippen LogP contribution in [0.2, 0.25) is 0 Å². The standard InChI is InChI=1S/C18H15N3O2/c1-22-16-7-13-14-9-19-11-20-18(14)21-15(13)8-17(16)23-10-12-5-3-2-4-6-12/h2-9,11H,10H2,1H3,(H,19,20,21). The highest BCUT2D eigenvalue weighted by Gasteiger charge is 2.12. The maximum atomic E-state index is 5.94. The topological polar surface area (TPSA) is 60.0 Å². The normalized spacial score (nSPS) is 11.0. The van der Waals surface area contributed by atoms with Crippen molar-refractivity contribution in [2.75, 3.05) is 7.11 Å². The lowest BCUT2D eigenvalue weighted by molar-refractivity contribution is 0.285. The van der Waals surface area contributed by atoms with Gasteiger partial charge in [-0.2, -0.15) is 0 Å². The molecular weight excluding hydrogens is 290 g/mol. The molecule has 5 heteroatoms. The van der Waals surface area contributed by atoms with Crippen LogP contribution in [0.5, 0.6) is 11.5 Å². The van der Waals surface area contributed by atoms with Gasteiger partial charge in [-0.15, -0.1) is 0 Å². The molecule has 0 amide bonds. The minimum absolute atomic E-state index is 0.489. The first-order valence-electron chi connectivity index (χ1n) is 7.31. The summed E-state index contributed by atoms with van der Waals surface area (Å²) in [6.45, 7) is 0.489. The third-order valence-corrected chi connectivity index (χ3v) is 3.80. The Labute approximate surface area is 132 Å². The van der Waals surface area contributed by atoms with Crippen molar-refractivity contribution >= 4 is 21.9 Å². The summed E-state index contributed by atoms with van der Waals surface area (Å²) >= 11 is 0. The molecular formula is C18H15N3O2. The number of benzene rings is 2. The van der Waals surface area contributed by atoms with Crippen molar-refractivity contribution in [2.45, 2.75) is 6.61 Å². The van der Waals surface area contributed by atoms with Gasteiger partial charge in [-0.25, -0.2) is 9.97 Å². The van der Waals surface area contributed by atoms with Crippen LogP contribution in [0, 0.1) is 0 Å². The number of rotatable bonds is 4. The van der Waals surface area contributed by atoms with E-state index in [4.69, 9.17) is 9.47 Å². The Morgan fingerprint density at radius 1 is 1.04 bits per heavy atom. The Hall–Kier alpha value is -3.08. The molecule has 4 rings (SSSR count). The van der Waals surface area contributed by atoms with Gasteiger partial charge in [-0.1, -0.05) is 30.3 Å². The summed E-state index contributed by atoms with van der Waals surface area (Å²) in [6.07, 6.45) is 3.33. The van der Waals surface area contributed by atoms with Gasteiger partial charge < -0.3 is 14.5 Å². The number of aromatic amines is 1. The first-order chi connectivity index (χ1) is 11.3. The lowest BCUT2D eigenvalue weighted by atomic mass is 10.2. The Kier molecular flexibility index (Phi) is 3.31. The van der Waals surface area contributed by atoms with Crippen LogP contribution < -0.4 is 9.47 Å². The summed E-state index contributed by atoms with van der Waals surface area (Å²) in [5.74, 6) is 1.39. The molecule has 0 unspecified atom stereocenters. The average molecular weight is 305 g/mol. The predicted octanol–water partition coefficient (Wildman–Crippen LogP) is 3.70. The van der Waals surface area contributed by atoms with Gasteiger partial charge in [0, 0.05) is 23.0 Å². The Morgan fingerprint density at radius 2 is 1.91 bits per heavy atom. The maximum Gasteiger partial charge on any atom is 0.163 e. The van der Waals surface area contributed by atoms with Crippen LogP contribution in [0.3, 0.4) is 0 Å². The van der Waals surface area contributed by atoms with E-state index in [9.17, 15) is 0 Å². The van der Waals surface area contributed by atoms with Gasteiger partial charge in [-0.3, -0.25) is 0 Å². The number of nitrogens with zero attached hydrogens (tertiary/aromatic N) is 2. The molecule has 4 aromatic rings. The Bertz CT molecular complexity index is 964. The number of fused-ring (bicyclic) bond motifs is 3. The minimum atomic E-state index is 0.489. The van der Waals surface area contributed by atoms with Crippen molar-refractivity contribution in [3.63, 3.8) is 0 Å². The molecule has 1 N–H and O–H groups in total. The van der Waals surface area contributed by atoms with Crippen LogP contribution in [0.15, 0.2) is 55.0 Å². The number of aromatic nitrogens is 3. The summed E-state index contributed by atoms with van der Waals surface area (Å²) in [5.41, 5.74) is 2.86.